The minimum Gasteiger partial charge on any atom is -0.481 e. The fourth-order valence-electron chi connectivity index (χ4n) is 3.55. The first-order chi connectivity index (χ1) is 17.8. The van der Waals surface area contributed by atoms with Gasteiger partial charge in [0.1, 0.15) is 5.82 Å². The molecular weight excluding hydrogens is 624 g/mol. The Morgan fingerprint density at radius 2 is 1.95 bits per heavy atom. The molecule has 0 saturated carbocycles. The Hall–Kier alpha value is -3.01. The standard InChI is InChI=1S/C27H23Br2ClN4O3/c1-3-16(2)26-33-23-10-9-18(28)13-20(23)27(36)34(26)31-14-17-11-21(29)25(22(30)12-17)37-15-24(35)32-19-7-5-4-6-8-19/h4-14,16H,3,15H2,1-2H3,(H,32,35)/t16-/m0/s1. The van der Waals surface area contributed by atoms with Gasteiger partial charge in [-0.3, -0.25) is 9.59 Å². The molecule has 4 rings (SSSR count). The quantitative estimate of drug-likeness (QED) is 0.209. The van der Waals surface area contributed by atoms with Crippen molar-refractivity contribution >= 4 is 72.2 Å². The predicted octanol–water partition coefficient (Wildman–Crippen LogP) is 6.99. The Balaban J connectivity index is 1.58. The lowest BCUT2D eigenvalue weighted by atomic mass is 10.1. The number of halogens is 3. The molecule has 0 fully saturated rings. The van der Waals surface area contributed by atoms with E-state index in [1.807, 2.05) is 44.2 Å². The molecule has 190 valence electrons. The average molecular weight is 647 g/mol. The van der Waals surface area contributed by atoms with Crippen molar-refractivity contribution in [2.45, 2.75) is 26.2 Å². The van der Waals surface area contributed by atoms with Crippen molar-refractivity contribution in [2.75, 3.05) is 11.9 Å². The molecule has 7 nitrogen and oxygen atoms in total. The van der Waals surface area contributed by atoms with Crippen LogP contribution in [0.4, 0.5) is 5.69 Å². The van der Waals surface area contributed by atoms with E-state index < -0.39 is 0 Å². The summed E-state index contributed by atoms with van der Waals surface area (Å²) in [4.78, 5) is 30.3. The minimum atomic E-state index is -0.313. The van der Waals surface area contributed by atoms with Crippen LogP contribution in [0, 0.1) is 0 Å². The molecule has 0 aliphatic carbocycles. The van der Waals surface area contributed by atoms with E-state index in [0.717, 1.165) is 10.9 Å². The molecule has 1 N–H and O–H groups in total. The summed E-state index contributed by atoms with van der Waals surface area (Å²) in [5.74, 6) is 0.614. The number of hydrogen-bond donors (Lipinski definition) is 1. The molecule has 1 amide bonds. The lowest BCUT2D eigenvalue weighted by Gasteiger charge is -2.14. The van der Waals surface area contributed by atoms with Crippen molar-refractivity contribution in [3.05, 3.63) is 96.4 Å². The van der Waals surface area contributed by atoms with Crippen LogP contribution in [-0.4, -0.2) is 28.4 Å². The molecule has 0 spiro atoms. The number of amides is 1. The average Bonchev–Trinajstić information content (AvgIpc) is 2.88. The van der Waals surface area contributed by atoms with Gasteiger partial charge in [0.15, 0.2) is 12.4 Å². The summed E-state index contributed by atoms with van der Waals surface area (Å²) in [7, 11) is 0. The summed E-state index contributed by atoms with van der Waals surface area (Å²) in [6.45, 7) is 3.82. The van der Waals surface area contributed by atoms with Crippen molar-refractivity contribution in [1.82, 2.24) is 9.66 Å². The van der Waals surface area contributed by atoms with Crippen molar-refractivity contribution in [2.24, 2.45) is 5.10 Å². The second-order valence-electron chi connectivity index (χ2n) is 8.32. The number of rotatable bonds is 8. The zero-order chi connectivity index (χ0) is 26.5. The SMILES string of the molecule is CC[C@H](C)c1nc2ccc(Br)cc2c(=O)n1N=Cc1cc(Cl)c(OCC(=O)Nc2ccccc2)c(Br)c1. The minimum absolute atomic E-state index is 0.0195. The van der Waals surface area contributed by atoms with Crippen molar-refractivity contribution in [3.8, 4) is 5.75 Å². The highest BCUT2D eigenvalue weighted by molar-refractivity contribution is 9.10. The molecule has 1 heterocycles. The zero-order valence-electron chi connectivity index (χ0n) is 20.0. The van der Waals surface area contributed by atoms with E-state index in [9.17, 15) is 9.59 Å². The lowest BCUT2D eigenvalue weighted by molar-refractivity contribution is -0.118. The number of carbonyl (C=O) groups excluding carboxylic acids is 1. The summed E-state index contributed by atoms with van der Waals surface area (Å²) >= 11 is 13.3. The van der Waals surface area contributed by atoms with Gasteiger partial charge in [-0.05, 0) is 70.4 Å². The molecule has 0 radical (unpaired) electrons. The normalized spacial score (nSPS) is 12.1. The smallest absolute Gasteiger partial charge is 0.282 e. The molecule has 1 atom stereocenters. The van der Waals surface area contributed by atoms with Gasteiger partial charge < -0.3 is 10.1 Å². The first-order valence-electron chi connectivity index (χ1n) is 11.5. The van der Waals surface area contributed by atoms with Crippen molar-refractivity contribution in [1.29, 1.82) is 0 Å². The van der Waals surface area contributed by atoms with Gasteiger partial charge in [0.25, 0.3) is 11.5 Å². The van der Waals surface area contributed by atoms with E-state index in [2.05, 4.69) is 42.3 Å². The van der Waals surface area contributed by atoms with Gasteiger partial charge in [-0.2, -0.15) is 9.78 Å². The monoisotopic (exact) mass is 644 g/mol. The molecule has 0 aliphatic heterocycles. The highest BCUT2D eigenvalue weighted by Crippen LogP contribution is 2.34. The summed E-state index contributed by atoms with van der Waals surface area (Å²) in [6.07, 6.45) is 2.34. The number of benzene rings is 3. The fraction of sp³-hybridized carbons (Fsp3) is 0.185. The summed E-state index contributed by atoms with van der Waals surface area (Å²) in [6, 6.07) is 17.9. The molecule has 0 saturated heterocycles. The Bertz CT molecular complexity index is 1520. The highest BCUT2D eigenvalue weighted by atomic mass is 79.9. The molecule has 0 aliphatic rings. The molecule has 4 aromatic rings. The van der Waals surface area contributed by atoms with E-state index in [1.165, 1.54) is 4.68 Å². The van der Waals surface area contributed by atoms with Crippen LogP contribution in [0.1, 0.15) is 37.6 Å². The molecule has 1 aromatic heterocycles. The van der Waals surface area contributed by atoms with E-state index in [0.29, 0.717) is 43.2 Å². The highest BCUT2D eigenvalue weighted by Gasteiger charge is 2.16. The number of anilines is 1. The summed E-state index contributed by atoms with van der Waals surface area (Å²) < 4.78 is 8.33. The third-order valence-corrected chi connectivity index (χ3v) is 7.00. The lowest BCUT2D eigenvalue weighted by Crippen LogP contribution is -2.23. The van der Waals surface area contributed by atoms with Crippen molar-refractivity contribution in [3.63, 3.8) is 0 Å². The third kappa shape index (κ3) is 6.47. The van der Waals surface area contributed by atoms with E-state index >= 15 is 0 Å². The van der Waals surface area contributed by atoms with Crippen molar-refractivity contribution < 1.29 is 9.53 Å². The third-order valence-electron chi connectivity index (χ3n) is 5.63. The molecule has 37 heavy (non-hydrogen) atoms. The Kier molecular flexibility index (Phi) is 8.79. The summed E-state index contributed by atoms with van der Waals surface area (Å²) in [5, 5.41) is 7.99. The van der Waals surface area contributed by atoms with Gasteiger partial charge in [0.2, 0.25) is 0 Å². The van der Waals surface area contributed by atoms with Crippen LogP contribution in [0.25, 0.3) is 10.9 Å². The topological polar surface area (TPSA) is 85.6 Å². The largest absolute Gasteiger partial charge is 0.481 e. The van der Waals surface area contributed by atoms with Crippen LogP contribution in [-0.2, 0) is 4.79 Å². The van der Waals surface area contributed by atoms with Crippen LogP contribution >= 0.6 is 43.5 Å². The Labute approximate surface area is 235 Å². The van der Waals surface area contributed by atoms with Crippen LogP contribution in [0.5, 0.6) is 5.75 Å². The van der Waals surface area contributed by atoms with Crippen LogP contribution in [0.15, 0.2) is 79.5 Å². The van der Waals surface area contributed by atoms with Gasteiger partial charge in [-0.1, -0.05) is 59.6 Å². The first kappa shape index (κ1) is 27.0. The van der Waals surface area contributed by atoms with Gasteiger partial charge in [-0.25, -0.2) is 4.98 Å². The number of para-hydroxylation sites is 1. The first-order valence-corrected chi connectivity index (χ1v) is 13.5. The van der Waals surface area contributed by atoms with E-state index in [1.54, 1.807) is 36.5 Å². The number of carbonyl (C=O) groups is 1. The van der Waals surface area contributed by atoms with Gasteiger partial charge in [0.05, 0.1) is 26.6 Å². The fourth-order valence-corrected chi connectivity index (χ4v) is 4.90. The second-order valence-corrected chi connectivity index (χ2v) is 10.5. The molecule has 0 unspecified atom stereocenters. The number of ether oxygens (including phenoxy) is 1. The molecule has 0 bridgehead atoms. The number of hydrogen-bond acceptors (Lipinski definition) is 5. The van der Waals surface area contributed by atoms with E-state index in [4.69, 9.17) is 21.3 Å². The maximum absolute atomic E-state index is 13.3. The number of nitrogens with one attached hydrogen (secondary N) is 1. The maximum Gasteiger partial charge on any atom is 0.282 e. The van der Waals surface area contributed by atoms with Crippen LogP contribution in [0.2, 0.25) is 5.02 Å². The zero-order valence-corrected chi connectivity index (χ0v) is 24.0. The van der Waals surface area contributed by atoms with Crippen LogP contribution < -0.4 is 15.6 Å². The second kappa shape index (κ2) is 12.0. The summed E-state index contributed by atoms with van der Waals surface area (Å²) in [5.41, 5.74) is 1.68. The van der Waals surface area contributed by atoms with Gasteiger partial charge in [-0.15, -0.1) is 0 Å². The van der Waals surface area contributed by atoms with Gasteiger partial charge in [0, 0.05) is 16.1 Å². The maximum atomic E-state index is 13.3. The van der Waals surface area contributed by atoms with E-state index in [-0.39, 0.29) is 24.0 Å². The van der Waals surface area contributed by atoms with Crippen LogP contribution in [0.3, 0.4) is 0 Å². The number of aromatic nitrogens is 2. The molecular formula is C27H23Br2ClN4O3. The molecule has 3 aromatic carbocycles. The number of nitrogens with zero attached hydrogens (tertiary/aromatic N) is 3. The number of fused-ring (bicyclic) bond motifs is 1. The Morgan fingerprint density at radius 3 is 2.65 bits per heavy atom. The predicted molar refractivity (Wildman–Crippen MR) is 155 cm³/mol. The Morgan fingerprint density at radius 1 is 1.19 bits per heavy atom. The van der Waals surface area contributed by atoms with Gasteiger partial charge >= 0.3 is 0 Å². The molecule has 10 heteroatoms.